The summed E-state index contributed by atoms with van der Waals surface area (Å²) in [5.74, 6) is 0.767. The molecule has 0 saturated heterocycles. The maximum absolute atomic E-state index is 4.59. The van der Waals surface area contributed by atoms with Crippen molar-refractivity contribution in [2.45, 2.75) is 47.0 Å². The first-order valence-electron chi connectivity index (χ1n) is 5.24. The van der Waals surface area contributed by atoms with Crippen LogP contribution < -0.4 is 0 Å². The Bertz CT molecular complexity index is 398. The molecule has 1 heterocycles. The third kappa shape index (κ3) is 2.09. The minimum absolute atomic E-state index is 0.0575. The summed E-state index contributed by atoms with van der Waals surface area (Å²) in [5.41, 5.74) is 4.86. The molecule has 1 rings (SSSR count). The molecule has 0 aliphatic rings. The molecule has 0 spiro atoms. The second kappa shape index (κ2) is 3.76. The molecule has 1 aromatic rings. The first kappa shape index (κ1) is 11.9. The third-order valence-electron chi connectivity index (χ3n) is 2.89. The van der Waals surface area contributed by atoms with E-state index in [0.29, 0.717) is 0 Å². The molecule has 0 bridgehead atoms. The smallest absolute Gasteiger partial charge is 0.154 e. The van der Waals surface area contributed by atoms with Crippen LogP contribution in [0, 0.1) is 20.8 Å². The van der Waals surface area contributed by atoms with E-state index in [0.717, 1.165) is 17.1 Å². The second-order valence-corrected chi connectivity index (χ2v) is 5.07. The molecule has 1 aromatic heterocycles. The Balaban J connectivity index is 3.56. The molecule has 0 radical (unpaired) electrons. The minimum Gasteiger partial charge on any atom is -0.245 e. The maximum atomic E-state index is 4.59. The van der Waals surface area contributed by atoms with Crippen molar-refractivity contribution in [1.29, 1.82) is 0 Å². The average Bonchev–Trinajstić information content (AvgIpc) is 2.13. The van der Waals surface area contributed by atoms with Crippen LogP contribution in [0.2, 0.25) is 0 Å². The van der Waals surface area contributed by atoms with E-state index in [1.807, 2.05) is 6.92 Å². The van der Waals surface area contributed by atoms with Crippen LogP contribution in [0.1, 0.15) is 43.2 Å². The van der Waals surface area contributed by atoms with E-state index in [-0.39, 0.29) is 5.41 Å². The van der Waals surface area contributed by atoms with Crippen molar-refractivity contribution in [3.05, 3.63) is 22.4 Å². The lowest BCUT2D eigenvalue weighted by atomic mass is 9.86. The van der Waals surface area contributed by atoms with Gasteiger partial charge in [-0.25, -0.2) is 9.98 Å². The number of aliphatic imine (C=N–C) groups is 1. The number of hydrogen-bond donors (Lipinski definition) is 0. The number of nitrogens with zero attached hydrogens (tertiary/aromatic N) is 2. The van der Waals surface area contributed by atoms with Crippen LogP contribution in [-0.2, 0) is 5.41 Å². The predicted molar refractivity (Wildman–Crippen MR) is 66.4 cm³/mol. The summed E-state index contributed by atoms with van der Waals surface area (Å²) < 4.78 is 0. The Morgan fingerprint density at radius 3 is 1.93 bits per heavy atom. The van der Waals surface area contributed by atoms with E-state index >= 15 is 0 Å². The molecule has 0 aliphatic carbocycles. The van der Waals surface area contributed by atoms with Crippen LogP contribution in [0.4, 0.5) is 5.82 Å². The van der Waals surface area contributed by atoms with Gasteiger partial charge in [0.2, 0.25) is 0 Å². The summed E-state index contributed by atoms with van der Waals surface area (Å²) in [6.07, 6.45) is 0. The Morgan fingerprint density at radius 1 is 1.00 bits per heavy atom. The molecule has 0 amide bonds. The molecule has 2 nitrogen and oxygen atoms in total. The van der Waals surface area contributed by atoms with E-state index in [4.69, 9.17) is 0 Å². The molecule has 0 unspecified atom stereocenters. The van der Waals surface area contributed by atoms with Gasteiger partial charge in [-0.2, -0.15) is 0 Å². The lowest BCUT2D eigenvalue weighted by Gasteiger charge is -2.23. The summed E-state index contributed by atoms with van der Waals surface area (Å²) in [5, 5.41) is 0. The standard InChI is InChI=1S/C13H20N2/c1-8-9(2)11(13(4,5)6)15-12(14-7)10(8)3/h7H2,1-6H3. The van der Waals surface area contributed by atoms with E-state index in [1.54, 1.807) is 0 Å². The monoisotopic (exact) mass is 204 g/mol. The number of rotatable bonds is 1. The normalized spacial score (nSPS) is 11.6. The van der Waals surface area contributed by atoms with Gasteiger partial charge in [0, 0.05) is 5.41 Å². The number of aromatic nitrogens is 1. The summed E-state index contributed by atoms with van der Waals surface area (Å²) in [6, 6.07) is 0. The second-order valence-electron chi connectivity index (χ2n) is 5.07. The summed E-state index contributed by atoms with van der Waals surface area (Å²) in [4.78, 5) is 8.58. The largest absolute Gasteiger partial charge is 0.245 e. The molecule has 0 fully saturated rings. The lowest BCUT2D eigenvalue weighted by molar-refractivity contribution is 0.563. The van der Waals surface area contributed by atoms with Gasteiger partial charge in [0.15, 0.2) is 5.82 Å². The van der Waals surface area contributed by atoms with E-state index < -0.39 is 0 Å². The zero-order chi connectivity index (χ0) is 11.8. The SMILES string of the molecule is C=Nc1nc(C(C)(C)C)c(C)c(C)c1C. The highest BCUT2D eigenvalue weighted by Gasteiger charge is 2.21. The van der Waals surface area contributed by atoms with Gasteiger partial charge in [0.05, 0.1) is 5.69 Å². The van der Waals surface area contributed by atoms with Crippen LogP contribution in [0.25, 0.3) is 0 Å². The fraction of sp³-hybridized carbons (Fsp3) is 0.538. The molecule has 2 heteroatoms. The molecule has 15 heavy (non-hydrogen) atoms. The zero-order valence-corrected chi connectivity index (χ0v) is 10.6. The fourth-order valence-electron chi connectivity index (χ4n) is 1.78. The van der Waals surface area contributed by atoms with Crippen LogP contribution in [0.5, 0.6) is 0 Å². The number of hydrogen-bond acceptors (Lipinski definition) is 2. The van der Waals surface area contributed by atoms with Gasteiger partial charge in [0.25, 0.3) is 0 Å². The highest BCUT2D eigenvalue weighted by Crippen LogP contribution is 2.31. The first-order chi connectivity index (χ1) is 6.79. The Morgan fingerprint density at radius 2 is 1.53 bits per heavy atom. The van der Waals surface area contributed by atoms with Gasteiger partial charge >= 0.3 is 0 Å². The topological polar surface area (TPSA) is 25.2 Å². The molecule has 0 saturated carbocycles. The number of pyridine rings is 1. The molecule has 0 aliphatic heterocycles. The molecule has 82 valence electrons. The summed E-state index contributed by atoms with van der Waals surface area (Å²) in [7, 11) is 0. The average molecular weight is 204 g/mol. The highest BCUT2D eigenvalue weighted by atomic mass is 14.9. The van der Waals surface area contributed by atoms with Crippen molar-refractivity contribution in [2.24, 2.45) is 4.99 Å². The van der Waals surface area contributed by atoms with Crippen molar-refractivity contribution in [1.82, 2.24) is 4.98 Å². The van der Waals surface area contributed by atoms with Gasteiger partial charge < -0.3 is 0 Å². The van der Waals surface area contributed by atoms with Crippen LogP contribution >= 0.6 is 0 Å². The van der Waals surface area contributed by atoms with Crippen molar-refractivity contribution in [3.8, 4) is 0 Å². The van der Waals surface area contributed by atoms with Gasteiger partial charge in [-0.1, -0.05) is 20.8 Å². The molecular formula is C13H20N2. The van der Waals surface area contributed by atoms with E-state index in [2.05, 4.69) is 51.3 Å². The van der Waals surface area contributed by atoms with Crippen molar-refractivity contribution >= 4 is 12.5 Å². The van der Waals surface area contributed by atoms with Crippen molar-refractivity contribution < 1.29 is 0 Å². The van der Waals surface area contributed by atoms with E-state index in [9.17, 15) is 0 Å². The lowest BCUT2D eigenvalue weighted by Crippen LogP contribution is -2.16. The Labute approximate surface area is 92.5 Å². The molecule has 0 aromatic carbocycles. The van der Waals surface area contributed by atoms with E-state index in [1.165, 1.54) is 11.1 Å². The van der Waals surface area contributed by atoms with Crippen LogP contribution in [-0.4, -0.2) is 11.7 Å². The Hall–Kier alpha value is -1.18. The zero-order valence-electron chi connectivity index (χ0n) is 10.6. The first-order valence-corrected chi connectivity index (χ1v) is 5.24. The third-order valence-corrected chi connectivity index (χ3v) is 2.89. The molecule has 0 atom stereocenters. The summed E-state index contributed by atoms with van der Waals surface area (Å²) >= 11 is 0. The maximum Gasteiger partial charge on any atom is 0.154 e. The minimum atomic E-state index is 0.0575. The summed E-state index contributed by atoms with van der Waals surface area (Å²) in [6.45, 7) is 16.4. The van der Waals surface area contributed by atoms with Crippen LogP contribution in [0.15, 0.2) is 4.99 Å². The van der Waals surface area contributed by atoms with Crippen molar-refractivity contribution in [3.63, 3.8) is 0 Å². The molecular weight excluding hydrogens is 184 g/mol. The Kier molecular flexibility index (Phi) is 2.98. The van der Waals surface area contributed by atoms with Crippen LogP contribution in [0.3, 0.4) is 0 Å². The molecule has 0 N–H and O–H groups in total. The van der Waals surface area contributed by atoms with Gasteiger partial charge in [0.1, 0.15) is 0 Å². The fourth-order valence-corrected chi connectivity index (χ4v) is 1.78. The van der Waals surface area contributed by atoms with Gasteiger partial charge in [-0.15, -0.1) is 0 Å². The predicted octanol–water partition coefficient (Wildman–Crippen LogP) is 3.64. The van der Waals surface area contributed by atoms with Gasteiger partial charge in [-0.3, -0.25) is 0 Å². The van der Waals surface area contributed by atoms with Crippen molar-refractivity contribution in [2.75, 3.05) is 0 Å². The van der Waals surface area contributed by atoms with Gasteiger partial charge in [-0.05, 0) is 44.2 Å². The quantitative estimate of drug-likeness (QED) is 0.641. The highest BCUT2D eigenvalue weighted by molar-refractivity contribution is 5.52.